The SMILES string of the molecule is CCC=CCC(O)C=CC=CCC(O)C=CC=CC=CC(O)CCC(=O)O. The molecule has 0 rings (SSSR count). The van der Waals surface area contributed by atoms with Crippen LogP contribution in [0.4, 0.5) is 0 Å². The molecule has 150 valence electrons. The molecule has 0 amide bonds. The molecule has 27 heavy (non-hydrogen) atoms. The van der Waals surface area contributed by atoms with Crippen molar-refractivity contribution in [2.75, 3.05) is 0 Å². The molecule has 4 N–H and O–H groups in total. The predicted octanol–water partition coefficient (Wildman–Crippen LogP) is 3.46. The van der Waals surface area contributed by atoms with Gasteiger partial charge in [0.25, 0.3) is 0 Å². The Labute approximate surface area is 162 Å². The lowest BCUT2D eigenvalue weighted by atomic mass is 10.2. The summed E-state index contributed by atoms with van der Waals surface area (Å²) in [5, 5.41) is 37.5. The minimum absolute atomic E-state index is 0.0705. The summed E-state index contributed by atoms with van der Waals surface area (Å²) in [6, 6.07) is 0. The first-order chi connectivity index (χ1) is 13.0. The number of carbonyl (C=O) groups is 1. The summed E-state index contributed by atoms with van der Waals surface area (Å²) >= 11 is 0. The number of aliphatic hydroxyl groups is 3. The molecule has 3 unspecified atom stereocenters. The van der Waals surface area contributed by atoms with Crippen molar-refractivity contribution in [2.24, 2.45) is 0 Å². The summed E-state index contributed by atoms with van der Waals surface area (Å²) in [6.07, 6.45) is 21.2. The van der Waals surface area contributed by atoms with Crippen molar-refractivity contribution in [3.63, 3.8) is 0 Å². The molecule has 0 aromatic rings. The molecule has 0 spiro atoms. The Balaban J connectivity index is 4.01. The molecule has 0 radical (unpaired) electrons. The molecule has 0 aliphatic heterocycles. The van der Waals surface area contributed by atoms with Crippen LogP contribution in [0.25, 0.3) is 0 Å². The molecule has 0 bridgehead atoms. The van der Waals surface area contributed by atoms with Gasteiger partial charge in [0.05, 0.1) is 18.3 Å². The summed E-state index contributed by atoms with van der Waals surface area (Å²) in [4.78, 5) is 10.4. The molecule has 0 saturated carbocycles. The fourth-order valence-electron chi connectivity index (χ4n) is 1.93. The second-order valence-electron chi connectivity index (χ2n) is 5.95. The third kappa shape index (κ3) is 18.4. The van der Waals surface area contributed by atoms with E-state index < -0.39 is 24.3 Å². The van der Waals surface area contributed by atoms with E-state index in [1.54, 1.807) is 48.6 Å². The van der Waals surface area contributed by atoms with Crippen LogP contribution in [0.15, 0.2) is 72.9 Å². The fourth-order valence-corrected chi connectivity index (χ4v) is 1.93. The van der Waals surface area contributed by atoms with Gasteiger partial charge in [-0.05, 0) is 25.7 Å². The van der Waals surface area contributed by atoms with E-state index in [0.717, 1.165) is 6.42 Å². The van der Waals surface area contributed by atoms with Crippen molar-refractivity contribution < 1.29 is 25.2 Å². The van der Waals surface area contributed by atoms with E-state index in [9.17, 15) is 20.1 Å². The zero-order valence-electron chi connectivity index (χ0n) is 15.9. The Bertz CT molecular complexity index is 555. The van der Waals surface area contributed by atoms with Gasteiger partial charge in [-0.25, -0.2) is 0 Å². The minimum atomic E-state index is -0.931. The van der Waals surface area contributed by atoms with Crippen molar-refractivity contribution >= 4 is 5.97 Å². The average molecular weight is 376 g/mol. The Morgan fingerprint density at radius 2 is 1.26 bits per heavy atom. The van der Waals surface area contributed by atoms with Crippen LogP contribution in [-0.4, -0.2) is 44.7 Å². The molecule has 0 fully saturated rings. The van der Waals surface area contributed by atoms with E-state index in [-0.39, 0.29) is 12.8 Å². The highest BCUT2D eigenvalue weighted by Gasteiger charge is 2.02. The summed E-state index contributed by atoms with van der Waals surface area (Å²) in [5.41, 5.74) is 0. The maximum Gasteiger partial charge on any atom is 0.303 e. The minimum Gasteiger partial charge on any atom is -0.481 e. The molecule has 0 aromatic heterocycles. The highest BCUT2D eigenvalue weighted by molar-refractivity contribution is 5.66. The number of allylic oxidation sites excluding steroid dienone is 7. The second kappa shape index (κ2) is 17.2. The van der Waals surface area contributed by atoms with Gasteiger partial charge in [0.2, 0.25) is 0 Å². The maximum atomic E-state index is 10.4. The van der Waals surface area contributed by atoms with Crippen molar-refractivity contribution in [3.8, 4) is 0 Å². The number of carboxylic acids is 1. The Kier molecular flexibility index (Phi) is 15.8. The first-order valence-electron chi connectivity index (χ1n) is 9.21. The van der Waals surface area contributed by atoms with Crippen LogP contribution < -0.4 is 0 Å². The highest BCUT2D eigenvalue weighted by Crippen LogP contribution is 2.00. The molecular weight excluding hydrogens is 344 g/mol. The molecule has 0 aliphatic rings. The summed E-state index contributed by atoms with van der Waals surface area (Å²) in [6.45, 7) is 2.04. The monoisotopic (exact) mass is 376 g/mol. The van der Waals surface area contributed by atoms with Crippen molar-refractivity contribution in [2.45, 2.75) is 57.3 Å². The molecule has 0 aliphatic carbocycles. The van der Waals surface area contributed by atoms with Gasteiger partial charge in [-0.1, -0.05) is 79.8 Å². The average Bonchev–Trinajstić information content (AvgIpc) is 2.62. The third-order valence-corrected chi connectivity index (χ3v) is 3.39. The van der Waals surface area contributed by atoms with E-state index in [2.05, 4.69) is 0 Å². The van der Waals surface area contributed by atoms with E-state index in [0.29, 0.717) is 12.8 Å². The van der Waals surface area contributed by atoms with Crippen LogP contribution in [0.2, 0.25) is 0 Å². The van der Waals surface area contributed by atoms with E-state index in [4.69, 9.17) is 5.11 Å². The van der Waals surface area contributed by atoms with Crippen LogP contribution in [0, 0.1) is 0 Å². The molecule has 0 heterocycles. The Hall–Kier alpha value is -2.21. The normalized spacial score (nSPS) is 16.6. The van der Waals surface area contributed by atoms with Crippen LogP contribution >= 0.6 is 0 Å². The van der Waals surface area contributed by atoms with Crippen molar-refractivity contribution in [3.05, 3.63) is 72.9 Å². The number of rotatable bonds is 14. The summed E-state index contributed by atoms with van der Waals surface area (Å²) in [7, 11) is 0. The summed E-state index contributed by atoms with van der Waals surface area (Å²) in [5.74, 6) is -0.931. The first kappa shape index (κ1) is 24.8. The van der Waals surface area contributed by atoms with Crippen molar-refractivity contribution in [1.82, 2.24) is 0 Å². The van der Waals surface area contributed by atoms with E-state index in [1.165, 1.54) is 6.08 Å². The maximum absolute atomic E-state index is 10.4. The number of hydrogen-bond donors (Lipinski definition) is 4. The van der Waals surface area contributed by atoms with Gasteiger partial charge in [0.15, 0.2) is 0 Å². The number of hydrogen-bond acceptors (Lipinski definition) is 4. The molecule has 0 saturated heterocycles. The molecule has 5 nitrogen and oxygen atoms in total. The smallest absolute Gasteiger partial charge is 0.303 e. The Morgan fingerprint density at radius 1 is 0.741 bits per heavy atom. The standard InChI is InChI=1S/C22H32O5/c1-2-3-7-12-19(23)14-10-6-11-15-20(24)13-8-4-5-9-16-21(25)17-18-22(26)27/h3-11,13-14,16,19-21,23-25H,2,12,15,17-18H2,1H3,(H,26,27). The summed E-state index contributed by atoms with van der Waals surface area (Å²) < 4.78 is 0. The molecule has 0 aromatic carbocycles. The van der Waals surface area contributed by atoms with Crippen LogP contribution in [0.3, 0.4) is 0 Å². The largest absolute Gasteiger partial charge is 0.481 e. The first-order valence-corrected chi connectivity index (χ1v) is 9.21. The lowest BCUT2D eigenvalue weighted by Crippen LogP contribution is -2.05. The second-order valence-corrected chi connectivity index (χ2v) is 5.95. The number of aliphatic hydroxyl groups excluding tert-OH is 3. The van der Waals surface area contributed by atoms with Crippen LogP contribution in [-0.2, 0) is 4.79 Å². The number of aliphatic carboxylic acids is 1. The lowest BCUT2D eigenvalue weighted by molar-refractivity contribution is -0.137. The van der Waals surface area contributed by atoms with Gasteiger partial charge in [-0.3, -0.25) is 4.79 Å². The quantitative estimate of drug-likeness (QED) is 0.275. The zero-order valence-corrected chi connectivity index (χ0v) is 15.9. The van der Waals surface area contributed by atoms with Gasteiger partial charge < -0.3 is 20.4 Å². The third-order valence-electron chi connectivity index (χ3n) is 3.39. The zero-order chi connectivity index (χ0) is 20.3. The topological polar surface area (TPSA) is 98.0 Å². The van der Waals surface area contributed by atoms with E-state index >= 15 is 0 Å². The molecule has 5 heteroatoms. The van der Waals surface area contributed by atoms with Gasteiger partial charge in [0.1, 0.15) is 0 Å². The van der Waals surface area contributed by atoms with Crippen LogP contribution in [0.1, 0.15) is 39.0 Å². The Morgan fingerprint density at radius 3 is 1.81 bits per heavy atom. The van der Waals surface area contributed by atoms with Crippen LogP contribution in [0.5, 0.6) is 0 Å². The molecule has 3 atom stereocenters. The fraction of sp³-hybridized carbons (Fsp3) is 0.409. The van der Waals surface area contributed by atoms with Gasteiger partial charge >= 0.3 is 5.97 Å². The highest BCUT2D eigenvalue weighted by atomic mass is 16.4. The lowest BCUT2D eigenvalue weighted by Gasteiger charge is -2.00. The van der Waals surface area contributed by atoms with Gasteiger partial charge in [-0.2, -0.15) is 0 Å². The van der Waals surface area contributed by atoms with Gasteiger partial charge in [0, 0.05) is 6.42 Å². The van der Waals surface area contributed by atoms with Crippen molar-refractivity contribution in [1.29, 1.82) is 0 Å². The predicted molar refractivity (Wildman–Crippen MR) is 109 cm³/mol. The van der Waals surface area contributed by atoms with E-state index in [1.807, 2.05) is 25.2 Å². The number of carboxylic acid groups (broad SMARTS) is 1. The van der Waals surface area contributed by atoms with Gasteiger partial charge in [-0.15, -0.1) is 0 Å². The molecular formula is C22H32O5.